The number of rotatable bonds is 3. The first-order chi connectivity index (χ1) is 7.17. The molecule has 1 aromatic rings. The summed E-state index contributed by atoms with van der Waals surface area (Å²) >= 11 is 0. The van der Waals surface area contributed by atoms with E-state index in [0.29, 0.717) is 18.0 Å². The molecular formula is C11H16N2O2. The van der Waals surface area contributed by atoms with E-state index in [4.69, 9.17) is 10.5 Å². The van der Waals surface area contributed by atoms with Crippen LogP contribution in [-0.2, 0) is 11.2 Å². The third kappa shape index (κ3) is 3.16. The van der Waals surface area contributed by atoms with E-state index >= 15 is 0 Å². The van der Waals surface area contributed by atoms with E-state index in [1.54, 1.807) is 13.0 Å². The summed E-state index contributed by atoms with van der Waals surface area (Å²) in [4.78, 5) is 11.1. The van der Waals surface area contributed by atoms with Gasteiger partial charge < -0.3 is 10.5 Å². The van der Waals surface area contributed by atoms with Crippen molar-refractivity contribution in [3.63, 3.8) is 0 Å². The van der Waals surface area contributed by atoms with Crippen molar-refractivity contribution in [1.82, 2.24) is 0 Å². The molecule has 0 aromatic heterocycles. The summed E-state index contributed by atoms with van der Waals surface area (Å²) in [5, 5.41) is 2.58. The fraction of sp³-hybridized carbons (Fsp3) is 0.364. The monoisotopic (exact) mass is 208 g/mol. The number of benzene rings is 1. The first-order valence-electron chi connectivity index (χ1n) is 4.99. The molecule has 0 spiro atoms. The molecule has 0 saturated carbocycles. The Morgan fingerprint density at radius 3 is 2.73 bits per heavy atom. The van der Waals surface area contributed by atoms with E-state index in [2.05, 4.69) is 5.32 Å². The highest BCUT2D eigenvalue weighted by molar-refractivity contribution is 5.88. The Morgan fingerprint density at radius 2 is 2.20 bits per heavy atom. The van der Waals surface area contributed by atoms with Crippen molar-refractivity contribution in [2.24, 2.45) is 0 Å². The number of ether oxygens (including phenoxy) is 1. The van der Waals surface area contributed by atoms with Gasteiger partial charge in [0.15, 0.2) is 0 Å². The molecule has 1 amide bonds. The van der Waals surface area contributed by atoms with Crippen molar-refractivity contribution in [3.05, 3.63) is 23.8 Å². The summed E-state index contributed by atoms with van der Waals surface area (Å²) in [6.07, 6.45) is 0.442. The maximum absolute atomic E-state index is 11.1. The second kappa shape index (κ2) is 5.24. The van der Waals surface area contributed by atoms with Crippen molar-refractivity contribution in [1.29, 1.82) is 0 Å². The van der Waals surface area contributed by atoms with E-state index in [0.717, 1.165) is 12.0 Å². The van der Waals surface area contributed by atoms with Gasteiger partial charge in [0.05, 0.1) is 18.0 Å². The molecule has 0 aliphatic rings. The molecule has 0 heterocycles. The topological polar surface area (TPSA) is 64.3 Å². The molecule has 0 unspecified atom stereocenters. The Labute approximate surface area is 89.4 Å². The molecule has 15 heavy (non-hydrogen) atoms. The van der Waals surface area contributed by atoms with Gasteiger partial charge in [0, 0.05) is 0 Å². The van der Waals surface area contributed by atoms with Crippen LogP contribution in [0.1, 0.15) is 19.4 Å². The molecule has 1 rings (SSSR count). The number of amides is 1. The number of carbonyl (C=O) groups excluding carboxylic acids is 1. The van der Waals surface area contributed by atoms with Crippen LogP contribution in [0.15, 0.2) is 18.2 Å². The van der Waals surface area contributed by atoms with Gasteiger partial charge in [-0.1, -0.05) is 13.0 Å². The van der Waals surface area contributed by atoms with Crippen molar-refractivity contribution >= 4 is 17.5 Å². The zero-order valence-electron chi connectivity index (χ0n) is 9.04. The van der Waals surface area contributed by atoms with Gasteiger partial charge in [0.1, 0.15) is 0 Å². The molecule has 4 nitrogen and oxygen atoms in total. The number of aryl methyl sites for hydroxylation is 1. The lowest BCUT2D eigenvalue weighted by Gasteiger charge is -2.08. The van der Waals surface area contributed by atoms with Crippen LogP contribution in [0.25, 0.3) is 0 Å². The lowest BCUT2D eigenvalue weighted by molar-refractivity contribution is 0.168. The van der Waals surface area contributed by atoms with Crippen LogP contribution in [0.5, 0.6) is 0 Å². The van der Waals surface area contributed by atoms with Crippen LogP contribution >= 0.6 is 0 Å². The van der Waals surface area contributed by atoms with Crippen LogP contribution in [0.3, 0.4) is 0 Å². The lowest BCUT2D eigenvalue weighted by Crippen LogP contribution is -2.14. The molecule has 3 N–H and O–H groups in total. The Hall–Kier alpha value is -1.71. The zero-order chi connectivity index (χ0) is 11.3. The van der Waals surface area contributed by atoms with Crippen molar-refractivity contribution in [2.75, 3.05) is 17.7 Å². The molecule has 0 aliphatic carbocycles. The summed E-state index contributed by atoms with van der Waals surface area (Å²) in [6.45, 7) is 4.15. The maximum atomic E-state index is 11.1. The van der Waals surface area contributed by atoms with Crippen LogP contribution in [0.4, 0.5) is 16.2 Å². The van der Waals surface area contributed by atoms with Gasteiger partial charge in [0.2, 0.25) is 0 Å². The first kappa shape index (κ1) is 11.4. The molecule has 0 bridgehead atoms. The number of nitrogens with one attached hydrogen (secondary N) is 1. The van der Waals surface area contributed by atoms with Crippen LogP contribution in [0.2, 0.25) is 0 Å². The molecular weight excluding hydrogens is 192 g/mol. The Bertz CT molecular complexity index is 350. The van der Waals surface area contributed by atoms with Gasteiger partial charge in [-0.05, 0) is 31.0 Å². The molecule has 1 aromatic carbocycles. The number of hydrogen-bond donors (Lipinski definition) is 2. The van der Waals surface area contributed by atoms with Gasteiger partial charge in [-0.25, -0.2) is 4.79 Å². The number of nitrogens with two attached hydrogens (primary N) is 1. The maximum Gasteiger partial charge on any atom is 0.411 e. The first-order valence-corrected chi connectivity index (χ1v) is 4.99. The molecule has 0 atom stereocenters. The minimum absolute atomic E-state index is 0.346. The summed E-state index contributed by atoms with van der Waals surface area (Å²) < 4.78 is 4.75. The van der Waals surface area contributed by atoms with Gasteiger partial charge in [-0.3, -0.25) is 5.32 Å². The van der Waals surface area contributed by atoms with E-state index in [9.17, 15) is 4.79 Å². The van der Waals surface area contributed by atoms with Crippen LogP contribution in [-0.4, -0.2) is 12.7 Å². The summed E-state index contributed by atoms with van der Waals surface area (Å²) in [5.74, 6) is 0. The molecule has 0 fully saturated rings. The highest BCUT2D eigenvalue weighted by Crippen LogP contribution is 2.20. The third-order valence-electron chi connectivity index (χ3n) is 2.04. The van der Waals surface area contributed by atoms with Gasteiger partial charge in [-0.2, -0.15) is 0 Å². The second-order valence-electron chi connectivity index (χ2n) is 3.12. The second-order valence-corrected chi connectivity index (χ2v) is 3.12. The van der Waals surface area contributed by atoms with Gasteiger partial charge in [0.25, 0.3) is 0 Å². The summed E-state index contributed by atoms with van der Waals surface area (Å²) in [7, 11) is 0. The number of carbonyl (C=O) groups is 1. The molecule has 0 aliphatic heterocycles. The van der Waals surface area contributed by atoms with E-state index in [-0.39, 0.29) is 0 Å². The smallest absolute Gasteiger partial charge is 0.411 e. The number of anilines is 2. The predicted octanol–water partition coefficient (Wildman–Crippen LogP) is 2.40. The van der Waals surface area contributed by atoms with Crippen molar-refractivity contribution < 1.29 is 9.53 Å². The summed E-state index contributed by atoms with van der Waals surface area (Å²) in [6, 6.07) is 5.56. The quantitative estimate of drug-likeness (QED) is 0.749. The fourth-order valence-electron chi connectivity index (χ4n) is 1.22. The Morgan fingerprint density at radius 1 is 1.47 bits per heavy atom. The molecule has 0 radical (unpaired) electrons. The van der Waals surface area contributed by atoms with Gasteiger partial charge in [-0.15, -0.1) is 0 Å². The normalized spacial score (nSPS) is 9.73. The predicted molar refractivity (Wildman–Crippen MR) is 60.9 cm³/mol. The van der Waals surface area contributed by atoms with Crippen molar-refractivity contribution in [2.45, 2.75) is 20.3 Å². The zero-order valence-corrected chi connectivity index (χ0v) is 9.04. The number of hydrogen-bond acceptors (Lipinski definition) is 3. The summed E-state index contributed by atoms with van der Waals surface area (Å²) in [5.41, 5.74) is 8.06. The SMILES string of the molecule is CCOC(=O)Nc1ccc(CC)cc1N. The standard InChI is InChI=1S/C11H16N2O2/c1-3-8-5-6-10(9(12)7-8)13-11(14)15-4-2/h5-7H,3-4,12H2,1-2H3,(H,13,14). The Kier molecular flexibility index (Phi) is 3.97. The molecule has 0 saturated heterocycles. The number of nitrogen functional groups attached to an aromatic ring is 1. The van der Waals surface area contributed by atoms with E-state index in [1.165, 1.54) is 0 Å². The highest BCUT2D eigenvalue weighted by atomic mass is 16.5. The Balaban J connectivity index is 2.73. The van der Waals surface area contributed by atoms with Crippen LogP contribution in [0, 0.1) is 0 Å². The van der Waals surface area contributed by atoms with Gasteiger partial charge >= 0.3 is 6.09 Å². The van der Waals surface area contributed by atoms with E-state index in [1.807, 2.05) is 19.1 Å². The fourth-order valence-corrected chi connectivity index (χ4v) is 1.22. The third-order valence-corrected chi connectivity index (χ3v) is 2.04. The molecule has 82 valence electrons. The van der Waals surface area contributed by atoms with Crippen molar-refractivity contribution in [3.8, 4) is 0 Å². The molecule has 4 heteroatoms. The minimum atomic E-state index is -0.478. The highest BCUT2D eigenvalue weighted by Gasteiger charge is 2.05. The largest absolute Gasteiger partial charge is 0.450 e. The van der Waals surface area contributed by atoms with Crippen LogP contribution < -0.4 is 11.1 Å². The average Bonchev–Trinajstić information content (AvgIpc) is 2.21. The average molecular weight is 208 g/mol. The lowest BCUT2D eigenvalue weighted by atomic mass is 10.1. The minimum Gasteiger partial charge on any atom is -0.450 e. The van der Waals surface area contributed by atoms with E-state index < -0.39 is 6.09 Å².